The molecular formula is C11H24O2Si2. The molecule has 0 saturated carbocycles. The topological polar surface area (TPSA) is 18.5 Å². The summed E-state index contributed by atoms with van der Waals surface area (Å²) in [5, 5.41) is 0.379. The predicted molar refractivity (Wildman–Crippen MR) is 69.4 cm³/mol. The molecule has 0 spiro atoms. The second-order valence-electron chi connectivity index (χ2n) is 5.19. The Hall–Kier alpha value is 0.354. The Labute approximate surface area is 98.3 Å². The quantitative estimate of drug-likeness (QED) is 0.653. The van der Waals surface area contributed by atoms with Crippen LogP contribution in [0.1, 0.15) is 38.5 Å². The highest BCUT2D eigenvalue weighted by Crippen LogP contribution is 2.40. The molecule has 0 aromatic rings. The molecule has 0 aliphatic carbocycles. The second kappa shape index (κ2) is 4.69. The molecule has 88 valence electrons. The lowest BCUT2D eigenvalue weighted by atomic mass is 9.96. The van der Waals surface area contributed by atoms with Crippen molar-refractivity contribution in [1.82, 2.24) is 0 Å². The van der Waals surface area contributed by atoms with E-state index in [1.165, 1.54) is 38.5 Å². The molecule has 0 aromatic carbocycles. The van der Waals surface area contributed by atoms with Crippen LogP contribution in [-0.4, -0.2) is 43.4 Å². The van der Waals surface area contributed by atoms with Gasteiger partial charge >= 0.3 is 0 Å². The molecule has 2 atom stereocenters. The summed E-state index contributed by atoms with van der Waals surface area (Å²) in [5.41, 5.74) is 0. The van der Waals surface area contributed by atoms with Crippen LogP contribution in [0.25, 0.3) is 0 Å². The first-order chi connectivity index (χ1) is 7.22. The minimum Gasteiger partial charge on any atom is -0.377 e. The van der Waals surface area contributed by atoms with Gasteiger partial charge in [0.05, 0.1) is 20.0 Å². The molecule has 2 saturated heterocycles. The van der Waals surface area contributed by atoms with Crippen molar-refractivity contribution in [2.75, 3.05) is 13.2 Å². The molecule has 0 bridgehead atoms. The van der Waals surface area contributed by atoms with Gasteiger partial charge in [-0.15, -0.1) is 0 Å². The SMILES string of the molecule is C[SiH2]C1(C2([SiH3])CCCCO2)CCCCO1. The monoisotopic (exact) mass is 244 g/mol. The summed E-state index contributed by atoms with van der Waals surface area (Å²) in [7, 11) is 0.989. The van der Waals surface area contributed by atoms with Crippen LogP contribution < -0.4 is 0 Å². The first-order valence-electron chi connectivity index (χ1n) is 6.50. The van der Waals surface area contributed by atoms with Gasteiger partial charge < -0.3 is 9.47 Å². The maximum absolute atomic E-state index is 6.23. The Balaban J connectivity index is 2.15. The molecule has 0 amide bonds. The maximum Gasteiger partial charge on any atom is 0.0759 e. The fraction of sp³-hybridized carbons (Fsp3) is 1.00. The van der Waals surface area contributed by atoms with Gasteiger partial charge in [-0.1, -0.05) is 6.55 Å². The summed E-state index contributed by atoms with van der Waals surface area (Å²) in [6, 6.07) is 0. The smallest absolute Gasteiger partial charge is 0.0759 e. The molecule has 0 N–H and O–H groups in total. The largest absolute Gasteiger partial charge is 0.377 e. The van der Waals surface area contributed by atoms with Crippen molar-refractivity contribution in [3.63, 3.8) is 0 Å². The number of hydrogen-bond acceptors (Lipinski definition) is 2. The third-order valence-electron chi connectivity index (χ3n) is 4.36. The molecule has 2 rings (SSSR count). The highest BCUT2D eigenvalue weighted by atomic mass is 28.2. The van der Waals surface area contributed by atoms with Crippen molar-refractivity contribution in [2.24, 2.45) is 0 Å². The summed E-state index contributed by atoms with van der Waals surface area (Å²) in [6.45, 7) is 4.36. The molecule has 0 radical (unpaired) electrons. The van der Waals surface area contributed by atoms with Crippen LogP contribution in [0.2, 0.25) is 6.55 Å². The van der Waals surface area contributed by atoms with E-state index < -0.39 is 0 Å². The van der Waals surface area contributed by atoms with Crippen molar-refractivity contribution in [1.29, 1.82) is 0 Å². The van der Waals surface area contributed by atoms with Crippen LogP contribution in [0.5, 0.6) is 0 Å². The van der Waals surface area contributed by atoms with Gasteiger partial charge in [0.2, 0.25) is 0 Å². The van der Waals surface area contributed by atoms with Gasteiger partial charge in [-0.2, -0.15) is 0 Å². The van der Waals surface area contributed by atoms with Crippen molar-refractivity contribution in [2.45, 2.75) is 55.5 Å². The number of rotatable bonds is 2. The van der Waals surface area contributed by atoms with E-state index in [1.807, 2.05) is 0 Å². The molecule has 15 heavy (non-hydrogen) atoms. The Morgan fingerprint density at radius 1 is 1.00 bits per heavy atom. The van der Waals surface area contributed by atoms with Gasteiger partial charge in [0.15, 0.2) is 0 Å². The fourth-order valence-electron chi connectivity index (χ4n) is 3.22. The van der Waals surface area contributed by atoms with E-state index >= 15 is 0 Å². The third-order valence-corrected chi connectivity index (χ3v) is 9.21. The van der Waals surface area contributed by atoms with E-state index in [0.29, 0.717) is 0 Å². The molecule has 4 heteroatoms. The average Bonchev–Trinajstić information content (AvgIpc) is 2.31. The van der Waals surface area contributed by atoms with Crippen LogP contribution in [0.15, 0.2) is 0 Å². The lowest BCUT2D eigenvalue weighted by Crippen LogP contribution is -2.63. The van der Waals surface area contributed by atoms with Gasteiger partial charge in [0.25, 0.3) is 0 Å². The van der Waals surface area contributed by atoms with E-state index in [-0.39, 0.29) is 20.0 Å². The van der Waals surface area contributed by atoms with E-state index in [9.17, 15) is 0 Å². The molecule has 2 fully saturated rings. The second-order valence-corrected chi connectivity index (χ2v) is 8.65. The summed E-state index contributed by atoms with van der Waals surface area (Å²) < 4.78 is 12.4. The summed E-state index contributed by atoms with van der Waals surface area (Å²) in [5.74, 6) is 0. The van der Waals surface area contributed by atoms with E-state index in [4.69, 9.17) is 9.47 Å². The van der Waals surface area contributed by atoms with Gasteiger partial charge in [0.1, 0.15) is 0 Å². The van der Waals surface area contributed by atoms with Gasteiger partial charge in [-0.05, 0) is 38.5 Å². The van der Waals surface area contributed by atoms with Crippen molar-refractivity contribution >= 4 is 19.8 Å². The van der Waals surface area contributed by atoms with Gasteiger partial charge in [-0.3, -0.25) is 0 Å². The van der Waals surface area contributed by atoms with Gasteiger partial charge in [-0.25, -0.2) is 0 Å². The van der Waals surface area contributed by atoms with E-state index in [0.717, 1.165) is 23.5 Å². The molecular weight excluding hydrogens is 220 g/mol. The van der Waals surface area contributed by atoms with Crippen LogP contribution in [0.4, 0.5) is 0 Å². The van der Waals surface area contributed by atoms with Gasteiger partial charge in [0, 0.05) is 23.5 Å². The van der Waals surface area contributed by atoms with E-state index in [1.54, 1.807) is 0 Å². The number of ether oxygens (including phenoxy) is 2. The van der Waals surface area contributed by atoms with Crippen LogP contribution in [0, 0.1) is 0 Å². The van der Waals surface area contributed by atoms with Crippen LogP contribution in [0.3, 0.4) is 0 Å². The zero-order valence-corrected chi connectivity index (χ0v) is 13.6. The van der Waals surface area contributed by atoms with Crippen molar-refractivity contribution < 1.29 is 9.47 Å². The first kappa shape index (κ1) is 11.8. The maximum atomic E-state index is 6.23. The summed E-state index contributed by atoms with van der Waals surface area (Å²) in [4.78, 5) is 0. The molecule has 2 heterocycles. The fourth-order valence-corrected chi connectivity index (χ4v) is 7.21. The highest BCUT2D eigenvalue weighted by Gasteiger charge is 2.49. The molecule has 2 nitrogen and oxygen atoms in total. The average molecular weight is 244 g/mol. The zero-order valence-electron chi connectivity index (χ0n) is 10.2. The van der Waals surface area contributed by atoms with Crippen molar-refractivity contribution in [3.05, 3.63) is 0 Å². The Kier molecular flexibility index (Phi) is 3.70. The standard InChI is InChI=1S/C11H24O2Si2/c1-15-11(7-3-5-9-13-11)10(14)6-2-4-8-12-10/h2-9,15H2,1,14H3. The molecule has 2 aliphatic rings. The minimum absolute atomic E-state index is 0.153. The van der Waals surface area contributed by atoms with Crippen LogP contribution in [-0.2, 0) is 9.47 Å². The minimum atomic E-state index is -0.153. The third kappa shape index (κ3) is 2.09. The lowest BCUT2D eigenvalue weighted by Gasteiger charge is -2.52. The number of hydrogen-bond donors (Lipinski definition) is 0. The lowest BCUT2D eigenvalue weighted by molar-refractivity contribution is -0.159. The van der Waals surface area contributed by atoms with Crippen LogP contribution >= 0.6 is 0 Å². The summed E-state index contributed by atoms with van der Waals surface area (Å²) >= 11 is 0. The molecule has 2 unspecified atom stereocenters. The summed E-state index contributed by atoms with van der Waals surface area (Å²) in [6.07, 6.45) is 7.76. The molecule has 2 aliphatic heterocycles. The highest BCUT2D eigenvalue weighted by molar-refractivity contribution is 6.41. The predicted octanol–water partition coefficient (Wildman–Crippen LogP) is 0.362. The van der Waals surface area contributed by atoms with Crippen molar-refractivity contribution in [3.8, 4) is 0 Å². The Bertz CT molecular complexity index is 209. The van der Waals surface area contributed by atoms with E-state index in [2.05, 4.69) is 6.55 Å². The Morgan fingerprint density at radius 3 is 2.13 bits per heavy atom. The zero-order chi connectivity index (χ0) is 10.8. The first-order valence-corrected chi connectivity index (χ1v) is 9.62. The normalized spacial score (nSPS) is 43.8. The Morgan fingerprint density at radius 2 is 1.67 bits per heavy atom. The molecule has 0 aromatic heterocycles.